The van der Waals surface area contributed by atoms with Crippen LogP contribution >= 0.6 is 0 Å². The number of oxime groups is 1. The predicted molar refractivity (Wildman–Crippen MR) is 102 cm³/mol. The summed E-state index contributed by atoms with van der Waals surface area (Å²) in [4.78, 5) is 28.5. The Morgan fingerprint density at radius 2 is 2.25 bits per heavy atom. The predicted octanol–water partition coefficient (Wildman–Crippen LogP) is 2.65. The van der Waals surface area contributed by atoms with Crippen LogP contribution in [0.1, 0.15) is 31.5 Å². The van der Waals surface area contributed by atoms with Crippen molar-refractivity contribution in [2.24, 2.45) is 5.16 Å². The monoisotopic (exact) mass is 387 g/mol. The average Bonchev–Trinajstić information content (AvgIpc) is 3.29. The fourth-order valence-electron chi connectivity index (χ4n) is 2.88. The number of nitro benzene ring substituents is 1. The lowest BCUT2D eigenvalue weighted by Crippen LogP contribution is -2.28. The molecule has 10 nitrogen and oxygen atoms in total. The number of benzene rings is 1. The molecule has 0 aliphatic carbocycles. The van der Waals surface area contributed by atoms with Crippen molar-refractivity contribution in [2.75, 3.05) is 11.9 Å². The summed E-state index contributed by atoms with van der Waals surface area (Å²) in [5.74, 6) is -0.148. The van der Waals surface area contributed by atoms with Crippen LogP contribution in [0, 0.1) is 17.0 Å². The number of aromatic nitrogens is 2. The molecular weight excluding hydrogens is 366 g/mol. The summed E-state index contributed by atoms with van der Waals surface area (Å²) < 4.78 is 7.06. The Bertz CT molecular complexity index is 936. The lowest BCUT2D eigenvalue weighted by molar-refractivity contribution is -0.384. The molecule has 2 aromatic rings. The van der Waals surface area contributed by atoms with Gasteiger partial charge in [-0.25, -0.2) is 0 Å². The Morgan fingerprint density at radius 1 is 1.46 bits per heavy atom. The fourth-order valence-corrected chi connectivity index (χ4v) is 2.88. The molecule has 1 aliphatic rings. The van der Waals surface area contributed by atoms with Crippen molar-refractivity contribution in [3.63, 3.8) is 0 Å². The maximum absolute atomic E-state index is 12.5. The molecule has 148 valence electrons. The van der Waals surface area contributed by atoms with Crippen molar-refractivity contribution >= 4 is 23.0 Å². The molecule has 28 heavy (non-hydrogen) atoms. The first kappa shape index (κ1) is 19.3. The normalized spacial score (nSPS) is 15.7. The van der Waals surface area contributed by atoms with E-state index in [0.29, 0.717) is 18.1 Å². The second kappa shape index (κ2) is 8.07. The van der Waals surface area contributed by atoms with Crippen LogP contribution in [-0.2, 0) is 16.2 Å². The third-order valence-electron chi connectivity index (χ3n) is 4.28. The van der Waals surface area contributed by atoms with Gasteiger partial charge in [0.2, 0.25) is 6.10 Å². The van der Waals surface area contributed by atoms with Gasteiger partial charge in [0.25, 0.3) is 11.6 Å². The van der Waals surface area contributed by atoms with Crippen LogP contribution in [0.15, 0.2) is 29.6 Å². The first-order chi connectivity index (χ1) is 13.4. The minimum Gasteiger partial charge on any atom is -0.494 e. The molecule has 0 saturated carbocycles. The van der Waals surface area contributed by atoms with Crippen LogP contribution in [0.25, 0.3) is 0 Å². The van der Waals surface area contributed by atoms with Crippen LogP contribution < -0.4 is 10.1 Å². The van der Waals surface area contributed by atoms with E-state index in [1.165, 1.54) is 12.1 Å². The summed E-state index contributed by atoms with van der Waals surface area (Å²) >= 11 is 0. The van der Waals surface area contributed by atoms with Gasteiger partial charge in [0.1, 0.15) is 11.4 Å². The number of rotatable bonds is 7. The average molecular weight is 387 g/mol. The van der Waals surface area contributed by atoms with Gasteiger partial charge in [-0.1, -0.05) is 5.16 Å². The molecule has 1 unspecified atom stereocenters. The maximum Gasteiger partial charge on any atom is 0.296 e. The summed E-state index contributed by atoms with van der Waals surface area (Å²) in [5, 5.41) is 22.2. The highest BCUT2D eigenvalue weighted by atomic mass is 16.6. The van der Waals surface area contributed by atoms with Crippen molar-refractivity contribution < 1.29 is 19.3 Å². The van der Waals surface area contributed by atoms with Gasteiger partial charge in [0, 0.05) is 24.7 Å². The third-order valence-corrected chi connectivity index (χ3v) is 4.28. The minimum atomic E-state index is -0.870. The first-order valence-corrected chi connectivity index (χ1v) is 8.92. The Labute approximate surface area is 161 Å². The topological polar surface area (TPSA) is 121 Å². The smallest absolute Gasteiger partial charge is 0.296 e. The van der Waals surface area contributed by atoms with Crippen LogP contribution in [0.5, 0.6) is 5.75 Å². The van der Waals surface area contributed by atoms with Gasteiger partial charge < -0.3 is 14.9 Å². The summed E-state index contributed by atoms with van der Waals surface area (Å²) in [6.07, 6.45) is 1.24. The van der Waals surface area contributed by atoms with Crippen molar-refractivity contribution in [3.05, 3.63) is 45.8 Å². The highest BCUT2D eigenvalue weighted by Gasteiger charge is 2.31. The van der Waals surface area contributed by atoms with Crippen LogP contribution in [0.3, 0.4) is 0 Å². The molecule has 0 bridgehead atoms. The number of nitrogens with one attached hydrogen (secondary N) is 1. The van der Waals surface area contributed by atoms with E-state index in [2.05, 4.69) is 15.6 Å². The molecule has 1 N–H and O–H groups in total. The number of anilines is 1. The van der Waals surface area contributed by atoms with Crippen molar-refractivity contribution in [2.45, 2.75) is 39.8 Å². The Kier molecular flexibility index (Phi) is 5.57. The summed E-state index contributed by atoms with van der Waals surface area (Å²) in [6, 6.07) is 4.28. The van der Waals surface area contributed by atoms with Gasteiger partial charge in [-0.15, -0.1) is 0 Å². The zero-order chi connectivity index (χ0) is 20.3. The molecule has 0 spiro atoms. The van der Waals surface area contributed by atoms with Crippen LogP contribution in [-0.4, -0.2) is 39.0 Å². The fraction of sp³-hybridized carbons (Fsp3) is 0.389. The van der Waals surface area contributed by atoms with Crippen molar-refractivity contribution in [1.82, 2.24) is 9.78 Å². The van der Waals surface area contributed by atoms with E-state index in [0.717, 1.165) is 17.8 Å². The standard InChI is InChI=1S/C18H21N5O5/c1-4-22-10-13(11(3)20-22)15-9-17(28-21-15)18(24)19-14-7-6-12(27-5-2)8-16(14)23(25)26/h6-8,10,17H,4-5,9H2,1-3H3,(H,19,24). The van der Waals surface area contributed by atoms with Gasteiger partial charge in [0.15, 0.2) is 0 Å². The SMILES string of the molecule is CCOc1ccc(NC(=O)C2CC(c3cn(CC)nc3C)=NO2)c([N+](=O)[O-])c1. The maximum atomic E-state index is 12.5. The number of nitro groups is 1. The minimum absolute atomic E-state index is 0.0745. The molecule has 2 heterocycles. The van der Waals surface area contributed by atoms with E-state index in [1.807, 2.05) is 20.0 Å². The van der Waals surface area contributed by atoms with Gasteiger partial charge in [-0.05, 0) is 32.9 Å². The molecular formula is C18H21N5O5. The number of nitrogens with zero attached hydrogens (tertiary/aromatic N) is 4. The second-order valence-electron chi connectivity index (χ2n) is 6.18. The molecule has 0 saturated heterocycles. The number of carbonyl (C=O) groups excluding carboxylic acids is 1. The molecule has 1 amide bonds. The summed E-state index contributed by atoms with van der Waals surface area (Å²) in [6.45, 7) is 6.72. The first-order valence-electron chi connectivity index (χ1n) is 8.92. The molecule has 3 rings (SSSR count). The Morgan fingerprint density at radius 3 is 2.89 bits per heavy atom. The molecule has 1 aromatic heterocycles. The molecule has 10 heteroatoms. The van der Waals surface area contributed by atoms with Gasteiger partial charge >= 0.3 is 0 Å². The lowest BCUT2D eigenvalue weighted by atomic mass is 10.1. The van der Waals surface area contributed by atoms with Gasteiger partial charge in [0.05, 0.1) is 29.0 Å². The van der Waals surface area contributed by atoms with E-state index in [-0.39, 0.29) is 17.8 Å². The third kappa shape index (κ3) is 3.95. The van der Waals surface area contributed by atoms with Crippen molar-refractivity contribution in [3.8, 4) is 5.75 Å². The van der Waals surface area contributed by atoms with Crippen molar-refractivity contribution in [1.29, 1.82) is 0 Å². The number of hydrogen-bond acceptors (Lipinski definition) is 7. The number of hydrogen-bond donors (Lipinski definition) is 1. The zero-order valence-electron chi connectivity index (χ0n) is 15.8. The molecule has 0 fully saturated rings. The highest BCUT2D eigenvalue weighted by Crippen LogP contribution is 2.30. The number of amides is 1. The Hall–Kier alpha value is -3.43. The van der Waals surface area contributed by atoms with E-state index in [9.17, 15) is 14.9 Å². The van der Waals surface area contributed by atoms with Gasteiger partial charge in [-0.2, -0.15) is 5.10 Å². The highest BCUT2D eigenvalue weighted by molar-refractivity contribution is 6.07. The Balaban J connectivity index is 1.71. The summed E-state index contributed by atoms with van der Waals surface area (Å²) in [7, 11) is 0. The lowest BCUT2D eigenvalue weighted by Gasteiger charge is -2.11. The number of aryl methyl sites for hydroxylation is 2. The number of carbonyl (C=O) groups is 1. The molecule has 1 aliphatic heterocycles. The van der Waals surface area contributed by atoms with Crippen LogP contribution in [0.4, 0.5) is 11.4 Å². The summed E-state index contributed by atoms with van der Waals surface area (Å²) in [5.41, 5.74) is 2.07. The van der Waals surface area contributed by atoms with Crippen LogP contribution in [0.2, 0.25) is 0 Å². The molecule has 1 atom stereocenters. The van der Waals surface area contributed by atoms with E-state index in [4.69, 9.17) is 9.57 Å². The largest absolute Gasteiger partial charge is 0.494 e. The zero-order valence-corrected chi connectivity index (χ0v) is 15.8. The molecule has 0 radical (unpaired) electrons. The van der Waals surface area contributed by atoms with Gasteiger partial charge in [-0.3, -0.25) is 19.6 Å². The number of ether oxygens (including phenoxy) is 1. The van der Waals surface area contributed by atoms with E-state index < -0.39 is 16.9 Å². The van der Waals surface area contributed by atoms with E-state index >= 15 is 0 Å². The quantitative estimate of drug-likeness (QED) is 0.576. The molecule has 1 aromatic carbocycles. The van der Waals surface area contributed by atoms with E-state index in [1.54, 1.807) is 17.7 Å². The second-order valence-corrected chi connectivity index (χ2v) is 6.18.